The number of carbonyl (C=O) groups excluding carboxylic acids is 1. The summed E-state index contributed by atoms with van der Waals surface area (Å²) in [6, 6.07) is 4.30. The summed E-state index contributed by atoms with van der Waals surface area (Å²) in [4.78, 5) is 31.0. The first-order valence-electron chi connectivity index (χ1n) is 7.36. The molecule has 0 atom stereocenters. The highest BCUT2D eigenvalue weighted by atomic mass is 32.1. The van der Waals surface area contributed by atoms with Crippen LogP contribution in [0.25, 0.3) is 0 Å². The highest BCUT2D eigenvalue weighted by molar-refractivity contribution is 7.13. The maximum absolute atomic E-state index is 12.0. The Labute approximate surface area is 142 Å². The third-order valence-electron chi connectivity index (χ3n) is 3.91. The zero-order valence-corrected chi connectivity index (χ0v) is 13.9. The van der Waals surface area contributed by atoms with Gasteiger partial charge in [0, 0.05) is 49.9 Å². The highest BCUT2D eigenvalue weighted by Crippen LogP contribution is 2.28. The molecular formula is C15H16N4O4S. The monoisotopic (exact) mass is 348 g/mol. The van der Waals surface area contributed by atoms with Crippen molar-refractivity contribution in [2.75, 3.05) is 43.1 Å². The van der Waals surface area contributed by atoms with E-state index in [1.165, 1.54) is 19.2 Å². The molecule has 126 valence electrons. The van der Waals surface area contributed by atoms with Crippen LogP contribution in [0.15, 0.2) is 29.8 Å². The van der Waals surface area contributed by atoms with Crippen molar-refractivity contribution >= 4 is 33.8 Å². The van der Waals surface area contributed by atoms with Gasteiger partial charge in [0.25, 0.3) is 5.69 Å². The Morgan fingerprint density at radius 2 is 2.00 bits per heavy atom. The molecule has 0 N–H and O–H groups in total. The summed E-state index contributed by atoms with van der Waals surface area (Å²) in [6.07, 6.45) is 1.78. The van der Waals surface area contributed by atoms with Crippen LogP contribution in [0.4, 0.5) is 16.5 Å². The Morgan fingerprint density at radius 1 is 1.29 bits per heavy atom. The number of nitro groups is 1. The lowest BCUT2D eigenvalue weighted by Gasteiger charge is -2.36. The summed E-state index contributed by atoms with van der Waals surface area (Å²) < 4.78 is 4.78. The van der Waals surface area contributed by atoms with E-state index in [-0.39, 0.29) is 11.3 Å². The van der Waals surface area contributed by atoms with E-state index < -0.39 is 10.9 Å². The van der Waals surface area contributed by atoms with Crippen LogP contribution in [-0.2, 0) is 4.74 Å². The maximum Gasteiger partial charge on any atom is 0.340 e. The van der Waals surface area contributed by atoms with Crippen LogP contribution in [0, 0.1) is 10.1 Å². The molecule has 0 saturated carbocycles. The number of carbonyl (C=O) groups is 1. The summed E-state index contributed by atoms with van der Waals surface area (Å²) in [6.45, 7) is 2.93. The fourth-order valence-corrected chi connectivity index (χ4v) is 3.39. The number of esters is 1. The lowest BCUT2D eigenvalue weighted by atomic mass is 10.1. The number of piperazine rings is 1. The molecule has 1 aromatic heterocycles. The number of anilines is 2. The molecule has 1 aliphatic rings. The van der Waals surface area contributed by atoms with Gasteiger partial charge in [-0.2, -0.15) is 0 Å². The van der Waals surface area contributed by atoms with Crippen molar-refractivity contribution in [3.05, 3.63) is 45.5 Å². The number of benzene rings is 1. The van der Waals surface area contributed by atoms with Crippen LogP contribution in [0.5, 0.6) is 0 Å². The minimum atomic E-state index is -0.573. The standard InChI is InChI=1S/C15H16N4O4S/c1-23-14(20)12-10-11(19(21)22)2-3-13(12)17-5-7-18(8-6-17)15-16-4-9-24-15/h2-4,9-10H,5-8H2,1H3. The Bertz CT molecular complexity index is 742. The minimum Gasteiger partial charge on any atom is -0.465 e. The molecule has 0 amide bonds. The van der Waals surface area contributed by atoms with Gasteiger partial charge in [0.1, 0.15) is 0 Å². The van der Waals surface area contributed by atoms with E-state index in [0.29, 0.717) is 18.8 Å². The molecule has 2 heterocycles. The van der Waals surface area contributed by atoms with Gasteiger partial charge in [0.2, 0.25) is 0 Å². The van der Waals surface area contributed by atoms with Gasteiger partial charge < -0.3 is 14.5 Å². The van der Waals surface area contributed by atoms with E-state index in [4.69, 9.17) is 4.74 Å². The van der Waals surface area contributed by atoms with Crippen LogP contribution < -0.4 is 9.80 Å². The number of nitro benzene ring substituents is 1. The van der Waals surface area contributed by atoms with Crippen molar-refractivity contribution in [2.24, 2.45) is 0 Å². The van der Waals surface area contributed by atoms with E-state index in [9.17, 15) is 14.9 Å². The molecule has 1 aromatic carbocycles. The summed E-state index contributed by atoms with van der Waals surface area (Å²) >= 11 is 1.59. The topological polar surface area (TPSA) is 88.8 Å². The van der Waals surface area contributed by atoms with Gasteiger partial charge in [-0.3, -0.25) is 10.1 Å². The third-order valence-corrected chi connectivity index (χ3v) is 4.74. The fourth-order valence-electron chi connectivity index (χ4n) is 2.70. The number of ether oxygens (including phenoxy) is 1. The lowest BCUT2D eigenvalue weighted by molar-refractivity contribution is -0.384. The van der Waals surface area contributed by atoms with E-state index in [1.54, 1.807) is 23.6 Å². The Kier molecular flexibility index (Phi) is 4.61. The third kappa shape index (κ3) is 3.16. The summed E-state index contributed by atoms with van der Waals surface area (Å²) in [5.41, 5.74) is 0.751. The Hall–Kier alpha value is -2.68. The second-order valence-electron chi connectivity index (χ2n) is 5.24. The first-order chi connectivity index (χ1) is 11.6. The second kappa shape index (κ2) is 6.83. The normalized spacial score (nSPS) is 14.5. The smallest absolute Gasteiger partial charge is 0.340 e. The van der Waals surface area contributed by atoms with E-state index in [1.807, 2.05) is 10.3 Å². The lowest BCUT2D eigenvalue weighted by Crippen LogP contribution is -2.47. The average molecular weight is 348 g/mol. The largest absolute Gasteiger partial charge is 0.465 e. The number of thiazole rings is 1. The predicted molar refractivity (Wildman–Crippen MR) is 91.0 cm³/mol. The minimum absolute atomic E-state index is 0.124. The van der Waals surface area contributed by atoms with Crippen LogP contribution in [-0.4, -0.2) is 49.2 Å². The fraction of sp³-hybridized carbons (Fsp3) is 0.333. The molecule has 1 saturated heterocycles. The highest BCUT2D eigenvalue weighted by Gasteiger charge is 2.24. The van der Waals surface area contributed by atoms with Crippen LogP contribution in [0.1, 0.15) is 10.4 Å². The van der Waals surface area contributed by atoms with Crippen molar-refractivity contribution in [3.8, 4) is 0 Å². The molecular weight excluding hydrogens is 332 g/mol. The molecule has 8 nitrogen and oxygen atoms in total. The van der Waals surface area contributed by atoms with E-state index in [2.05, 4.69) is 9.88 Å². The molecule has 3 rings (SSSR count). The number of methoxy groups -OCH3 is 1. The number of non-ortho nitro benzene ring substituents is 1. The number of hydrogen-bond acceptors (Lipinski definition) is 8. The van der Waals surface area contributed by atoms with Gasteiger partial charge in [0.15, 0.2) is 5.13 Å². The summed E-state index contributed by atoms with van der Waals surface area (Å²) in [5, 5.41) is 13.9. The summed E-state index contributed by atoms with van der Waals surface area (Å²) in [7, 11) is 1.27. The van der Waals surface area contributed by atoms with Crippen molar-refractivity contribution in [2.45, 2.75) is 0 Å². The van der Waals surface area contributed by atoms with Crippen molar-refractivity contribution in [1.29, 1.82) is 0 Å². The van der Waals surface area contributed by atoms with Gasteiger partial charge in [-0.25, -0.2) is 9.78 Å². The molecule has 0 aliphatic carbocycles. The predicted octanol–water partition coefficient (Wildman–Crippen LogP) is 2.16. The Morgan fingerprint density at radius 3 is 2.58 bits per heavy atom. The van der Waals surface area contributed by atoms with Gasteiger partial charge in [-0.15, -0.1) is 11.3 Å². The molecule has 1 aliphatic heterocycles. The van der Waals surface area contributed by atoms with Crippen LogP contribution in [0.2, 0.25) is 0 Å². The van der Waals surface area contributed by atoms with Crippen molar-refractivity contribution < 1.29 is 14.5 Å². The molecule has 0 bridgehead atoms. The zero-order chi connectivity index (χ0) is 17.1. The molecule has 1 fully saturated rings. The second-order valence-corrected chi connectivity index (χ2v) is 6.11. The van der Waals surface area contributed by atoms with Gasteiger partial charge in [0.05, 0.1) is 23.3 Å². The van der Waals surface area contributed by atoms with Crippen LogP contribution in [0.3, 0.4) is 0 Å². The maximum atomic E-state index is 12.0. The van der Waals surface area contributed by atoms with Gasteiger partial charge in [-0.1, -0.05) is 0 Å². The first kappa shape index (κ1) is 16.2. The zero-order valence-electron chi connectivity index (χ0n) is 13.0. The van der Waals surface area contributed by atoms with Gasteiger partial charge >= 0.3 is 5.97 Å². The Balaban J connectivity index is 1.82. The number of aromatic nitrogens is 1. The van der Waals surface area contributed by atoms with Crippen molar-refractivity contribution in [1.82, 2.24) is 4.98 Å². The van der Waals surface area contributed by atoms with Crippen LogP contribution >= 0.6 is 11.3 Å². The van der Waals surface area contributed by atoms with Gasteiger partial charge in [-0.05, 0) is 6.07 Å². The molecule has 9 heteroatoms. The van der Waals surface area contributed by atoms with E-state index >= 15 is 0 Å². The molecule has 2 aromatic rings. The SMILES string of the molecule is COC(=O)c1cc([N+](=O)[O-])ccc1N1CCN(c2nccs2)CC1. The first-order valence-corrected chi connectivity index (χ1v) is 8.24. The average Bonchev–Trinajstić information content (AvgIpc) is 3.15. The molecule has 0 unspecified atom stereocenters. The molecule has 0 radical (unpaired) electrons. The summed E-state index contributed by atoms with van der Waals surface area (Å²) in [5.74, 6) is -0.573. The van der Waals surface area contributed by atoms with E-state index in [0.717, 1.165) is 18.2 Å². The molecule has 0 spiro atoms. The molecule has 24 heavy (non-hydrogen) atoms. The number of rotatable bonds is 4. The van der Waals surface area contributed by atoms with Crippen molar-refractivity contribution in [3.63, 3.8) is 0 Å². The number of hydrogen-bond donors (Lipinski definition) is 0. The number of nitrogens with zero attached hydrogens (tertiary/aromatic N) is 4. The quantitative estimate of drug-likeness (QED) is 0.475.